The van der Waals surface area contributed by atoms with Crippen LogP contribution in [0, 0.1) is 0 Å². The zero-order valence-electron chi connectivity index (χ0n) is 8.92. The molecule has 0 spiro atoms. The van der Waals surface area contributed by atoms with Crippen LogP contribution < -0.4 is 5.73 Å². The first kappa shape index (κ1) is 12.2. The lowest BCUT2D eigenvalue weighted by Crippen LogP contribution is -2.40. The summed E-state index contributed by atoms with van der Waals surface area (Å²) in [6, 6.07) is 6.13. The molecular weight excluding hydrogens is 260 g/mol. The Morgan fingerprint density at radius 1 is 1.28 bits per heavy atom. The maximum absolute atomic E-state index is 12.1. The molecule has 0 saturated heterocycles. The van der Waals surface area contributed by atoms with Crippen molar-refractivity contribution in [3.8, 4) is 0 Å². The van der Waals surface area contributed by atoms with Crippen LogP contribution in [0.15, 0.2) is 45.6 Å². The monoisotopic (exact) mass is 268 g/mol. The van der Waals surface area contributed by atoms with E-state index >= 15 is 0 Å². The second-order valence-corrected chi connectivity index (χ2v) is 5.41. The number of nitrogens with zero attached hydrogens (tertiary/aromatic N) is 3. The van der Waals surface area contributed by atoms with Gasteiger partial charge in [-0.1, -0.05) is 23.4 Å². The average molecular weight is 268 g/mol. The van der Waals surface area contributed by atoms with E-state index < -0.39 is 27.1 Å². The molecule has 1 heterocycles. The van der Waals surface area contributed by atoms with Gasteiger partial charge in [-0.05, 0) is 12.1 Å². The van der Waals surface area contributed by atoms with Gasteiger partial charge in [0, 0.05) is 0 Å². The molecular formula is C9H8N4O4S. The second-order valence-electron chi connectivity index (χ2n) is 3.40. The highest BCUT2D eigenvalue weighted by molar-refractivity contribution is 7.92. The van der Waals surface area contributed by atoms with E-state index in [1.807, 2.05) is 0 Å². The highest BCUT2D eigenvalue weighted by Gasteiger charge is 2.43. The summed E-state index contributed by atoms with van der Waals surface area (Å²) in [6.45, 7) is 0. The first-order valence-electron chi connectivity index (χ1n) is 4.77. The Morgan fingerprint density at radius 2 is 1.89 bits per heavy atom. The Labute approximate surface area is 102 Å². The number of urea groups is 1. The number of primary amides is 1. The van der Waals surface area contributed by atoms with Crippen LogP contribution in [0.25, 0.3) is 0 Å². The van der Waals surface area contributed by atoms with Crippen LogP contribution in [-0.4, -0.2) is 30.7 Å². The molecule has 0 fully saturated rings. The lowest BCUT2D eigenvalue weighted by molar-refractivity contribution is -0.125. The van der Waals surface area contributed by atoms with Gasteiger partial charge in [-0.3, -0.25) is 4.79 Å². The Bertz CT molecular complexity index is 625. The summed E-state index contributed by atoms with van der Waals surface area (Å²) in [7, 11) is -4.01. The van der Waals surface area contributed by atoms with Crippen molar-refractivity contribution in [3.63, 3.8) is 0 Å². The number of carbonyl (C=O) groups excluding carboxylic acids is 2. The molecule has 2 N–H and O–H groups in total. The van der Waals surface area contributed by atoms with Crippen molar-refractivity contribution in [2.75, 3.05) is 0 Å². The number of rotatable bonds is 2. The predicted octanol–water partition coefficient (Wildman–Crippen LogP) is 0.0745. The summed E-state index contributed by atoms with van der Waals surface area (Å²) in [6.07, 6.45) is 0. The van der Waals surface area contributed by atoms with Gasteiger partial charge in [0.05, 0.1) is 4.90 Å². The molecule has 0 radical (unpaired) electrons. The molecule has 0 aromatic heterocycles. The molecule has 94 valence electrons. The second kappa shape index (κ2) is 4.18. The molecule has 9 heteroatoms. The van der Waals surface area contributed by atoms with Crippen molar-refractivity contribution < 1.29 is 18.0 Å². The van der Waals surface area contributed by atoms with Gasteiger partial charge in [0.15, 0.2) is 0 Å². The van der Waals surface area contributed by atoms with Gasteiger partial charge in [0.25, 0.3) is 11.3 Å². The maximum atomic E-state index is 12.1. The molecule has 2 rings (SSSR count). The molecule has 1 atom stereocenters. The average Bonchev–Trinajstić information content (AvgIpc) is 2.73. The lowest BCUT2D eigenvalue weighted by atomic mass is 10.4. The van der Waals surface area contributed by atoms with E-state index in [0.29, 0.717) is 0 Å². The maximum Gasteiger partial charge on any atom is 0.344 e. The van der Waals surface area contributed by atoms with Crippen molar-refractivity contribution in [2.45, 2.75) is 10.3 Å². The zero-order chi connectivity index (χ0) is 13.3. The van der Waals surface area contributed by atoms with Gasteiger partial charge >= 0.3 is 6.03 Å². The van der Waals surface area contributed by atoms with Crippen LogP contribution in [0.5, 0.6) is 0 Å². The van der Waals surface area contributed by atoms with E-state index in [-0.39, 0.29) is 9.90 Å². The molecule has 18 heavy (non-hydrogen) atoms. The molecule has 8 nitrogen and oxygen atoms in total. The first-order chi connectivity index (χ1) is 8.44. The molecule has 0 aliphatic carbocycles. The number of hydrogen-bond acceptors (Lipinski definition) is 6. The summed E-state index contributed by atoms with van der Waals surface area (Å²) in [4.78, 5) is 22.3. The lowest BCUT2D eigenvalue weighted by Gasteiger charge is -2.08. The van der Waals surface area contributed by atoms with Gasteiger partial charge < -0.3 is 5.73 Å². The fraction of sp³-hybridized carbons (Fsp3) is 0.111. The molecule has 1 aromatic carbocycles. The molecule has 0 saturated carbocycles. The van der Waals surface area contributed by atoms with Crippen LogP contribution in [0.2, 0.25) is 0 Å². The number of benzene rings is 1. The van der Waals surface area contributed by atoms with Gasteiger partial charge in [-0.2, -0.15) is 0 Å². The number of amides is 3. The minimum absolute atomic E-state index is 0.0754. The number of nitrogens with two attached hydrogens (primary N) is 1. The number of imide groups is 1. The van der Waals surface area contributed by atoms with Crippen molar-refractivity contribution >= 4 is 21.8 Å². The zero-order valence-corrected chi connectivity index (χ0v) is 9.74. The largest absolute Gasteiger partial charge is 0.350 e. The van der Waals surface area contributed by atoms with Crippen molar-refractivity contribution in [2.24, 2.45) is 16.1 Å². The SMILES string of the molecule is NC(=O)N1N=NC(S(=O)(=O)c2ccccc2)C1=O. The topological polar surface area (TPSA) is 122 Å². The number of carbonyl (C=O) groups is 2. The summed E-state index contributed by atoms with van der Waals surface area (Å²) in [5, 5.41) is 4.89. The molecule has 1 aromatic rings. The Hall–Kier alpha value is -2.29. The third-order valence-electron chi connectivity index (χ3n) is 2.24. The van der Waals surface area contributed by atoms with E-state index in [9.17, 15) is 18.0 Å². The van der Waals surface area contributed by atoms with E-state index in [0.717, 1.165) is 0 Å². The summed E-state index contributed by atoms with van der Waals surface area (Å²) in [5.74, 6) is -1.08. The van der Waals surface area contributed by atoms with E-state index in [2.05, 4.69) is 10.3 Å². The van der Waals surface area contributed by atoms with Crippen LogP contribution in [-0.2, 0) is 14.6 Å². The van der Waals surface area contributed by atoms with E-state index in [4.69, 9.17) is 5.73 Å². The van der Waals surface area contributed by atoms with Crippen LogP contribution in [0.4, 0.5) is 4.79 Å². The summed E-state index contributed by atoms with van der Waals surface area (Å²) in [5.41, 5.74) is 4.85. The predicted molar refractivity (Wildman–Crippen MR) is 58.7 cm³/mol. The molecule has 1 aliphatic rings. The molecule has 0 bridgehead atoms. The fourth-order valence-corrected chi connectivity index (χ4v) is 2.71. The third kappa shape index (κ3) is 1.84. The highest BCUT2D eigenvalue weighted by Crippen LogP contribution is 2.22. The smallest absolute Gasteiger partial charge is 0.344 e. The minimum atomic E-state index is -4.01. The number of hydrogen-bond donors (Lipinski definition) is 1. The Kier molecular flexibility index (Phi) is 2.83. The van der Waals surface area contributed by atoms with Gasteiger partial charge in [-0.25, -0.2) is 13.2 Å². The molecule has 1 aliphatic heterocycles. The fourth-order valence-electron chi connectivity index (χ4n) is 1.38. The quantitative estimate of drug-likeness (QED) is 0.815. The van der Waals surface area contributed by atoms with Crippen LogP contribution in [0.1, 0.15) is 0 Å². The van der Waals surface area contributed by atoms with Gasteiger partial charge in [0.2, 0.25) is 9.84 Å². The van der Waals surface area contributed by atoms with Crippen molar-refractivity contribution in [1.82, 2.24) is 5.01 Å². The van der Waals surface area contributed by atoms with Crippen LogP contribution in [0.3, 0.4) is 0 Å². The minimum Gasteiger partial charge on any atom is -0.350 e. The van der Waals surface area contributed by atoms with Gasteiger partial charge in [-0.15, -0.1) is 10.1 Å². The van der Waals surface area contributed by atoms with Gasteiger partial charge in [0.1, 0.15) is 0 Å². The van der Waals surface area contributed by atoms with Crippen molar-refractivity contribution in [3.05, 3.63) is 30.3 Å². The number of sulfone groups is 1. The van der Waals surface area contributed by atoms with Crippen LogP contribution >= 0.6 is 0 Å². The summed E-state index contributed by atoms with van der Waals surface area (Å²) >= 11 is 0. The first-order valence-corrected chi connectivity index (χ1v) is 6.32. The standard InChI is InChI=1S/C9H8N4O4S/c10-9(15)13-8(14)7(11-12-13)18(16,17)6-4-2-1-3-5-6/h1-5,7H,(H2,10,15). The van der Waals surface area contributed by atoms with Crippen molar-refractivity contribution in [1.29, 1.82) is 0 Å². The Balaban J connectivity index is 2.38. The van der Waals surface area contributed by atoms with E-state index in [1.54, 1.807) is 6.07 Å². The summed E-state index contributed by atoms with van der Waals surface area (Å²) < 4.78 is 24.1. The Morgan fingerprint density at radius 3 is 2.39 bits per heavy atom. The normalized spacial score (nSPS) is 19.2. The highest BCUT2D eigenvalue weighted by atomic mass is 32.2. The molecule has 3 amide bonds. The molecule has 1 unspecified atom stereocenters. The van der Waals surface area contributed by atoms with E-state index in [1.165, 1.54) is 24.3 Å². The third-order valence-corrected chi connectivity index (χ3v) is 4.05.